The summed E-state index contributed by atoms with van der Waals surface area (Å²) in [4.78, 5) is 5.65. The molecular formula is C24H38N3+3. The number of fused-ring (bicyclic) bond motifs is 2. The minimum Gasteiger partial charge on any atom is -0.331 e. The van der Waals surface area contributed by atoms with Crippen LogP contribution in [0.25, 0.3) is 0 Å². The first-order chi connectivity index (χ1) is 13.3. The Balaban J connectivity index is 1.04. The zero-order valence-corrected chi connectivity index (χ0v) is 16.8. The maximum atomic E-state index is 2.53. The first-order valence-electron chi connectivity index (χ1n) is 11.6. The van der Waals surface area contributed by atoms with Crippen LogP contribution in [0.1, 0.15) is 31.2 Å². The van der Waals surface area contributed by atoms with Gasteiger partial charge in [-0.2, -0.15) is 0 Å². The number of rotatable bonds is 5. The highest BCUT2D eigenvalue weighted by Gasteiger charge is 2.39. The quantitative estimate of drug-likeness (QED) is 0.565. The van der Waals surface area contributed by atoms with Gasteiger partial charge in [-0.1, -0.05) is 42.5 Å². The van der Waals surface area contributed by atoms with Crippen molar-refractivity contribution in [3.63, 3.8) is 0 Å². The van der Waals surface area contributed by atoms with Crippen molar-refractivity contribution in [2.45, 2.75) is 38.3 Å². The molecule has 3 heteroatoms. The monoisotopic (exact) mass is 368 g/mol. The van der Waals surface area contributed by atoms with Gasteiger partial charge in [0.1, 0.15) is 32.7 Å². The third-order valence-corrected chi connectivity index (χ3v) is 8.13. The molecule has 4 aliphatic rings. The van der Waals surface area contributed by atoms with Crippen molar-refractivity contribution >= 4 is 0 Å². The molecule has 3 nitrogen and oxygen atoms in total. The summed E-state index contributed by atoms with van der Waals surface area (Å²) < 4.78 is 0. The van der Waals surface area contributed by atoms with Gasteiger partial charge >= 0.3 is 0 Å². The number of benzene rings is 1. The van der Waals surface area contributed by atoms with Gasteiger partial charge in [0, 0.05) is 24.3 Å². The number of hydrogen-bond donors (Lipinski definition) is 3. The third kappa shape index (κ3) is 4.16. The Labute approximate surface area is 165 Å². The smallest absolute Gasteiger partial charge is 0.127 e. The Morgan fingerprint density at radius 2 is 1.56 bits per heavy atom. The fraction of sp³-hybridized carbons (Fsp3) is 0.667. The molecule has 1 aromatic rings. The summed E-state index contributed by atoms with van der Waals surface area (Å²) in [7, 11) is 0. The number of hydrogen-bond acceptors (Lipinski definition) is 0. The van der Waals surface area contributed by atoms with Crippen molar-refractivity contribution in [3.05, 3.63) is 48.0 Å². The van der Waals surface area contributed by atoms with Crippen LogP contribution in [0.5, 0.6) is 0 Å². The van der Waals surface area contributed by atoms with E-state index in [1.54, 1.807) is 4.90 Å². The zero-order chi connectivity index (χ0) is 18.1. The topological polar surface area (TPSA) is 13.3 Å². The predicted octanol–water partition coefficient (Wildman–Crippen LogP) is -0.770. The molecule has 0 radical (unpaired) electrons. The highest BCUT2D eigenvalue weighted by molar-refractivity contribution is 5.13. The minimum atomic E-state index is 0.935. The van der Waals surface area contributed by atoms with E-state index in [1.165, 1.54) is 83.6 Å². The van der Waals surface area contributed by atoms with Crippen molar-refractivity contribution in [2.24, 2.45) is 17.8 Å². The van der Waals surface area contributed by atoms with Crippen molar-refractivity contribution in [1.29, 1.82) is 0 Å². The van der Waals surface area contributed by atoms with Crippen molar-refractivity contribution in [2.75, 3.05) is 45.8 Å². The van der Waals surface area contributed by atoms with E-state index in [1.807, 2.05) is 9.80 Å². The molecule has 5 rings (SSSR count). The Kier molecular flexibility index (Phi) is 5.35. The molecule has 3 N–H and O–H groups in total. The van der Waals surface area contributed by atoms with Crippen molar-refractivity contribution in [3.8, 4) is 0 Å². The molecule has 2 aliphatic heterocycles. The maximum absolute atomic E-state index is 2.53. The van der Waals surface area contributed by atoms with Gasteiger partial charge in [-0.3, -0.25) is 0 Å². The van der Waals surface area contributed by atoms with E-state index in [-0.39, 0.29) is 0 Å². The highest BCUT2D eigenvalue weighted by Crippen LogP contribution is 2.42. The Hall–Kier alpha value is -1.16. The number of quaternary nitrogens is 3. The summed E-state index contributed by atoms with van der Waals surface area (Å²) in [6, 6.07) is 12.0. The summed E-state index contributed by atoms with van der Waals surface area (Å²) in [5.74, 6) is 2.88. The van der Waals surface area contributed by atoms with Crippen LogP contribution in [-0.2, 0) is 6.54 Å². The van der Waals surface area contributed by atoms with Gasteiger partial charge in [0.15, 0.2) is 0 Å². The Morgan fingerprint density at radius 1 is 0.778 bits per heavy atom. The van der Waals surface area contributed by atoms with Crippen LogP contribution < -0.4 is 14.7 Å². The van der Waals surface area contributed by atoms with Gasteiger partial charge in [-0.05, 0) is 24.7 Å². The van der Waals surface area contributed by atoms with Gasteiger partial charge in [0.25, 0.3) is 0 Å². The molecule has 1 aromatic carbocycles. The molecule has 146 valence electrons. The summed E-state index contributed by atoms with van der Waals surface area (Å²) in [5, 5.41) is 0. The number of nitrogens with one attached hydrogen (secondary N) is 3. The van der Waals surface area contributed by atoms with Gasteiger partial charge in [0.2, 0.25) is 0 Å². The highest BCUT2D eigenvalue weighted by atomic mass is 15.3. The second kappa shape index (κ2) is 8.06. The van der Waals surface area contributed by atoms with Gasteiger partial charge in [-0.25, -0.2) is 0 Å². The molecule has 0 amide bonds. The summed E-state index contributed by atoms with van der Waals surface area (Å²) in [6.07, 6.45) is 10.9. The van der Waals surface area contributed by atoms with Crippen molar-refractivity contribution in [1.82, 2.24) is 0 Å². The van der Waals surface area contributed by atoms with E-state index in [2.05, 4.69) is 42.5 Å². The summed E-state index contributed by atoms with van der Waals surface area (Å²) >= 11 is 0. The largest absolute Gasteiger partial charge is 0.331 e. The maximum Gasteiger partial charge on any atom is 0.127 e. The molecular weight excluding hydrogens is 330 g/mol. The first kappa shape index (κ1) is 17.9. The fourth-order valence-corrected chi connectivity index (χ4v) is 6.53. The molecule has 2 bridgehead atoms. The molecule has 0 spiro atoms. The van der Waals surface area contributed by atoms with E-state index in [4.69, 9.17) is 0 Å². The van der Waals surface area contributed by atoms with E-state index in [0.717, 1.165) is 23.8 Å². The predicted molar refractivity (Wildman–Crippen MR) is 109 cm³/mol. The molecule has 3 atom stereocenters. The standard InChI is InChI=1S/C24H35N3/c1-2-4-20(5-3-1)18-25-10-8-24(9-11-25)27-14-12-26(13-15-27)19-23-17-21-6-7-22(23)16-21/h1-7,21-24H,8-19H2/p+3/t21-,22+,23+/m1/s1. The molecule has 2 saturated heterocycles. The molecule has 2 aliphatic carbocycles. The summed E-state index contributed by atoms with van der Waals surface area (Å²) in [6.45, 7) is 11.1. The average Bonchev–Trinajstić information content (AvgIpc) is 3.33. The zero-order valence-electron chi connectivity index (χ0n) is 16.8. The minimum absolute atomic E-state index is 0.935. The van der Waals surface area contributed by atoms with Crippen LogP contribution in [0, 0.1) is 17.8 Å². The van der Waals surface area contributed by atoms with Gasteiger partial charge < -0.3 is 14.7 Å². The van der Waals surface area contributed by atoms with E-state index in [9.17, 15) is 0 Å². The van der Waals surface area contributed by atoms with Gasteiger partial charge in [-0.15, -0.1) is 0 Å². The normalized spacial score (nSPS) is 41.1. The van der Waals surface area contributed by atoms with Crippen LogP contribution in [0.3, 0.4) is 0 Å². The number of piperazine rings is 1. The Bertz CT molecular complexity index is 626. The van der Waals surface area contributed by atoms with Crippen LogP contribution in [0.15, 0.2) is 42.5 Å². The lowest BCUT2D eigenvalue weighted by Gasteiger charge is -2.38. The lowest BCUT2D eigenvalue weighted by molar-refractivity contribution is -1.03. The van der Waals surface area contributed by atoms with E-state index < -0.39 is 0 Å². The van der Waals surface area contributed by atoms with Crippen LogP contribution >= 0.6 is 0 Å². The molecule has 0 aromatic heterocycles. The number of likely N-dealkylation sites (tertiary alicyclic amines) is 1. The first-order valence-corrected chi connectivity index (χ1v) is 11.6. The van der Waals surface area contributed by atoms with Crippen LogP contribution in [-0.4, -0.2) is 51.9 Å². The molecule has 1 saturated carbocycles. The van der Waals surface area contributed by atoms with Gasteiger partial charge in [0.05, 0.1) is 25.7 Å². The molecule has 27 heavy (non-hydrogen) atoms. The van der Waals surface area contributed by atoms with Crippen LogP contribution in [0.4, 0.5) is 0 Å². The average molecular weight is 369 g/mol. The molecule has 2 heterocycles. The fourth-order valence-electron chi connectivity index (χ4n) is 6.53. The SMILES string of the molecule is C1=C[C@H]2C[C@@H]1C[C@H]2C[NH+]1CC[NH+](C2CC[NH+](Cc3ccccc3)CC2)CC1. The lowest BCUT2D eigenvalue weighted by Crippen LogP contribution is -3.30. The van der Waals surface area contributed by atoms with E-state index >= 15 is 0 Å². The second-order valence-corrected chi connectivity index (χ2v) is 9.84. The van der Waals surface area contributed by atoms with E-state index in [0.29, 0.717) is 0 Å². The number of piperidine rings is 1. The number of allylic oxidation sites excluding steroid dienone is 2. The second-order valence-electron chi connectivity index (χ2n) is 9.84. The molecule has 0 unspecified atom stereocenters. The van der Waals surface area contributed by atoms with Crippen molar-refractivity contribution < 1.29 is 14.7 Å². The Morgan fingerprint density at radius 3 is 2.22 bits per heavy atom. The van der Waals surface area contributed by atoms with Crippen LogP contribution in [0.2, 0.25) is 0 Å². The third-order valence-electron chi connectivity index (χ3n) is 8.13. The summed E-state index contributed by atoms with van der Waals surface area (Å²) in [5.41, 5.74) is 1.51. The lowest BCUT2D eigenvalue weighted by atomic mass is 9.93. The molecule has 3 fully saturated rings.